The molecular weight excluding hydrogens is 380 g/mol. The third-order valence-electron chi connectivity index (χ3n) is 3.71. The molecule has 3 aromatic carbocycles. The predicted octanol–water partition coefficient (Wildman–Crippen LogP) is 5.04. The maximum absolute atomic E-state index is 12.7. The van der Waals surface area contributed by atoms with Crippen LogP contribution in [0.25, 0.3) is 0 Å². The van der Waals surface area contributed by atoms with Gasteiger partial charge in [0, 0.05) is 15.6 Å². The molecule has 0 fully saturated rings. The van der Waals surface area contributed by atoms with Crippen LogP contribution in [-0.4, -0.2) is 11.8 Å². The Kier molecular flexibility index (Phi) is 5.41. The third-order valence-corrected chi connectivity index (χ3v) is 4.24. The van der Waals surface area contributed by atoms with Crippen molar-refractivity contribution in [2.45, 2.75) is 6.61 Å². The molecule has 0 aromatic heterocycles. The summed E-state index contributed by atoms with van der Waals surface area (Å²) in [6, 6.07) is 23.1. The van der Waals surface area contributed by atoms with Gasteiger partial charge in [0.25, 0.3) is 0 Å². The molecule has 0 N–H and O–H groups in total. The smallest absolute Gasteiger partial charge is 0.339 e. The number of carbonyl (C=O) groups excluding carboxylic acids is 2. The van der Waals surface area contributed by atoms with E-state index in [0.29, 0.717) is 11.1 Å². The highest BCUT2D eigenvalue weighted by Gasteiger charge is 2.18. The van der Waals surface area contributed by atoms with Crippen molar-refractivity contribution in [3.63, 3.8) is 0 Å². The van der Waals surface area contributed by atoms with Gasteiger partial charge in [0.1, 0.15) is 6.61 Å². The van der Waals surface area contributed by atoms with Crippen LogP contribution in [-0.2, 0) is 11.3 Å². The van der Waals surface area contributed by atoms with Crippen LogP contribution in [0.2, 0.25) is 0 Å². The molecule has 0 heterocycles. The third kappa shape index (κ3) is 4.22. The van der Waals surface area contributed by atoms with Crippen molar-refractivity contribution in [2.75, 3.05) is 0 Å². The van der Waals surface area contributed by atoms with Gasteiger partial charge >= 0.3 is 5.97 Å². The van der Waals surface area contributed by atoms with Crippen molar-refractivity contribution < 1.29 is 14.3 Å². The maximum Gasteiger partial charge on any atom is 0.339 e. The summed E-state index contributed by atoms with van der Waals surface area (Å²) in [5.74, 6) is -0.709. The number of esters is 1. The first kappa shape index (κ1) is 17.1. The average molecular weight is 395 g/mol. The van der Waals surface area contributed by atoms with Crippen LogP contribution < -0.4 is 0 Å². The molecule has 0 bridgehead atoms. The van der Waals surface area contributed by atoms with Gasteiger partial charge < -0.3 is 4.74 Å². The summed E-state index contributed by atoms with van der Waals surface area (Å²) >= 11 is 3.36. The summed E-state index contributed by atoms with van der Waals surface area (Å²) in [7, 11) is 0. The van der Waals surface area contributed by atoms with E-state index in [4.69, 9.17) is 4.74 Å². The number of ether oxygens (including phenoxy) is 1. The van der Waals surface area contributed by atoms with Crippen LogP contribution in [0.4, 0.5) is 0 Å². The van der Waals surface area contributed by atoms with E-state index in [0.717, 1.165) is 10.0 Å². The highest BCUT2D eigenvalue weighted by molar-refractivity contribution is 9.10. The van der Waals surface area contributed by atoms with E-state index in [9.17, 15) is 9.59 Å². The number of rotatable bonds is 5. The molecule has 0 aliphatic rings. The molecule has 0 unspecified atom stereocenters. The fourth-order valence-electron chi connectivity index (χ4n) is 2.41. The van der Waals surface area contributed by atoms with Crippen LogP contribution in [0.5, 0.6) is 0 Å². The van der Waals surface area contributed by atoms with Gasteiger partial charge in [0.15, 0.2) is 5.78 Å². The second-order valence-electron chi connectivity index (χ2n) is 5.44. The zero-order valence-corrected chi connectivity index (χ0v) is 14.9. The van der Waals surface area contributed by atoms with Gasteiger partial charge in [-0.3, -0.25) is 4.79 Å². The van der Waals surface area contributed by atoms with Gasteiger partial charge in [-0.05, 0) is 23.8 Å². The van der Waals surface area contributed by atoms with E-state index in [1.165, 1.54) is 0 Å². The molecule has 0 radical (unpaired) electrons. The number of halogens is 1. The molecule has 0 spiro atoms. The van der Waals surface area contributed by atoms with Gasteiger partial charge in [0.2, 0.25) is 0 Å². The minimum absolute atomic E-state index is 0.153. The summed E-state index contributed by atoms with van der Waals surface area (Å²) in [6.07, 6.45) is 0. The largest absolute Gasteiger partial charge is 0.457 e. The Balaban J connectivity index is 1.79. The molecule has 0 saturated heterocycles. The molecule has 0 saturated carbocycles. The van der Waals surface area contributed by atoms with E-state index in [2.05, 4.69) is 15.9 Å². The molecule has 0 aliphatic carbocycles. The first-order valence-corrected chi connectivity index (χ1v) is 8.55. The molecule has 124 valence electrons. The first-order valence-electron chi connectivity index (χ1n) is 7.75. The number of ketones is 1. The topological polar surface area (TPSA) is 43.4 Å². The quantitative estimate of drug-likeness (QED) is 0.449. The first-order chi connectivity index (χ1) is 12.1. The maximum atomic E-state index is 12.7. The van der Waals surface area contributed by atoms with Crippen LogP contribution in [0.3, 0.4) is 0 Å². The van der Waals surface area contributed by atoms with Crippen LogP contribution >= 0.6 is 15.9 Å². The summed E-state index contributed by atoms with van der Waals surface area (Å²) in [5, 5.41) is 0. The van der Waals surface area contributed by atoms with Crippen molar-refractivity contribution in [2.24, 2.45) is 0 Å². The van der Waals surface area contributed by atoms with Gasteiger partial charge in [0.05, 0.1) is 5.56 Å². The number of carbonyl (C=O) groups is 2. The van der Waals surface area contributed by atoms with E-state index in [-0.39, 0.29) is 18.0 Å². The number of hydrogen-bond donors (Lipinski definition) is 0. The zero-order chi connectivity index (χ0) is 17.6. The zero-order valence-electron chi connectivity index (χ0n) is 13.3. The minimum atomic E-state index is -0.511. The Labute approximate surface area is 154 Å². The fourth-order valence-corrected chi connectivity index (χ4v) is 2.68. The second kappa shape index (κ2) is 7.90. The van der Waals surface area contributed by atoms with Crippen molar-refractivity contribution in [3.8, 4) is 0 Å². The van der Waals surface area contributed by atoms with Crippen molar-refractivity contribution in [3.05, 3.63) is 106 Å². The van der Waals surface area contributed by atoms with Gasteiger partial charge in [-0.25, -0.2) is 4.79 Å². The monoisotopic (exact) mass is 394 g/mol. The lowest BCUT2D eigenvalue weighted by Crippen LogP contribution is -2.12. The lowest BCUT2D eigenvalue weighted by Gasteiger charge is -2.09. The normalized spacial score (nSPS) is 10.3. The van der Waals surface area contributed by atoms with Gasteiger partial charge in [-0.15, -0.1) is 0 Å². The van der Waals surface area contributed by atoms with E-state index >= 15 is 0 Å². The molecule has 0 aliphatic heterocycles. The summed E-state index contributed by atoms with van der Waals surface area (Å²) in [6.45, 7) is 0.153. The van der Waals surface area contributed by atoms with Crippen LogP contribution in [0.1, 0.15) is 31.8 Å². The Morgan fingerprint density at radius 2 is 1.36 bits per heavy atom. The Morgan fingerprint density at radius 3 is 2.04 bits per heavy atom. The lowest BCUT2D eigenvalue weighted by molar-refractivity contribution is 0.0470. The van der Waals surface area contributed by atoms with Crippen molar-refractivity contribution >= 4 is 27.7 Å². The Bertz CT molecular complexity index is 887. The van der Waals surface area contributed by atoms with Crippen molar-refractivity contribution in [1.82, 2.24) is 0 Å². The highest BCUT2D eigenvalue weighted by atomic mass is 79.9. The molecular formula is C21H15BrO3. The number of hydrogen-bond acceptors (Lipinski definition) is 3. The molecule has 4 heteroatoms. The Hall–Kier alpha value is -2.72. The lowest BCUT2D eigenvalue weighted by atomic mass is 9.98. The van der Waals surface area contributed by atoms with E-state index in [1.807, 2.05) is 30.3 Å². The molecule has 3 aromatic rings. The van der Waals surface area contributed by atoms with Gasteiger partial charge in [-0.2, -0.15) is 0 Å². The molecule has 3 rings (SSSR count). The molecule has 25 heavy (non-hydrogen) atoms. The SMILES string of the molecule is O=C(OCc1ccc(Br)cc1)c1ccccc1C(=O)c1ccccc1. The Morgan fingerprint density at radius 1 is 0.760 bits per heavy atom. The highest BCUT2D eigenvalue weighted by Crippen LogP contribution is 2.17. The number of benzene rings is 3. The molecule has 3 nitrogen and oxygen atoms in total. The average Bonchev–Trinajstić information content (AvgIpc) is 2.67. The standard InChI is InChI=1S/C21H15BrO3/c22-17-12-10-15(11-13-17)14-25-21(24)19-9-5-4-8-18(19)20(23)16-6-2-1-3-7-16/h1-13H,14H2. The van der Waals surface area contributed by atoms with E-state index < -0.39 is 5.97 Å². The van der Waals surface area contributed by atoms with E-state index in [1.54, 1.807) is 48.5 Å². The second-order valence-corrected chi connectivity index (χ2v) is 6.36. The van der Waals surface area contributed by atoms with Crippen LogP contribution in [0, 0.1) is 0 Å². The van der Waals surface area contributed by atoms with Crippen LogP contribution in [0.15, 0.2) is 83.3 Å². The fraction of sp³-hybridized carbons (Fsp3) is 0.0476. The molecule has 0 amide bonds. The minimum Gasteiger partial charge on any atom is -0.457 e. The summed E-state index contributed by atoms with van der Waals surface area (Å²) < 4.78 is 6.33. The van der Waals surface area contributed by atoms with Crippen molar-refractivity contribution in [1.29, 1.82) is 0 Å². The molecule has 0 atom stereocenters. The predicted molar refractivity (Wildman–Crippen MR) is 99.6 cm³/mol. The summed E-state index contributed by atoms with van der Waals surface area (Å²) in [5.41, 5.74) is 2.03. The van der Waals surface area contributed by atoms with Gasteiger partial charge in [-0.1, -0.05) is 76.6 Å². The summed E-state index contributed by atoms with van der Waals surface area (Å²) in [4.78, 5) is 25.1.